The third-order valence-electron chi connectivity index (χ3n) is 4.32. The van der Waals surface area contributed by atoms with Gasteiger partial charge in [0.15, 0.2) is 0 Å². The molecule has 1 aliphatic heterocycles. The number of nitro groups is 2. The van der Waals surface area contributed by atoms with E-state index in [0.717, 1.165) is 18.2 Å². The monoisotopic (exact) mass is 364 g/mol. The van der Waals surface area contributed by atoms with Crippen LogP contribution in [0.1, 0.15) is 40.5 Å². The van der Waals surface area contributed by atoms with Crippen molar-refractivity contribution in [1.29, 1.82) is 0 Å². The van der Waals surface area contributed by atoms with Crippen LogP contribution in [0.25, 0.3) is 0 Å². The van der Waals surface area contributed by atoms with E-state index in [9.17, 15) is 20.2 Å². The second-order valence-electron chi connectivity index (χ2n) is 7.54. The summed E-state index contributed by atoms with van der Waals surface area (Å²) < 4.78 is 5.90. The predicted molar refractivity (Wildman–Crippen MR) is 98.4 cm³/mol. The van der Waals surface area contributed by atoms with Gasteiger partial charge in [-0.3, -0.25) is 25.7 Å². The smallest absolute Gasteiger partial charge is 0.301 e. The number of hydrazone groups is 1. The van der Waals surface area contributed by atoms with Crippen LogP contribution in [0.5, 0.6) is 0 Å². The van der Waals surface area contributed by atoms with Crippen molar-refractivity contribution in [1.82, 2.24) is 0 Å². The molecule has 1 aromatic carbocycles. The number of non-ortho nitro benzene ring substituents is 1. The molecule has 1 atom stereocenters. The minimum Gasteiger partial charge on any atom is -0.377 e. The van der Waals surface area contributed by atoms with Crippen LogP contribution in [0.3, 0.4) is 0 Å². The molecule has 0 saturated carbocycles. The van der Waals surface area contributed by atoms with E-state index in [1.807, 2.05) is 13.8 Å². The molecular formula is C17H24N4O5. The molecule has 0 spiro atoms. The summed E-state index contributed by atoms with van der Waals surface area (Å²) in [6.45, 7) is 8.77. The Morgan fingerprint density at radius 2 is 2.00 bits per heavy atom. The molecule has 9 heteroatoms. The number of benzene rings is 1. The average molecular weight is 364 g/mol. The zero-order chi connectivity index (χ0) is 19.5. The fourth-order valence-corrected chi connectivity index (χ4v) is 2.84. The molecule has 0 radical (unpaired) electrons. The van der Waals surface area contributed by atoms with Gasteiger partial charge in [0.2, 0.25) is 0 Å². The Morgan fingerprint density at radius 1 is 1.31 bits per heavy atom. The van der Waals surface area contributed by atoms with Gasteiger partial charge in [-0.1, -0.05) is 27.7 Å². The second kappa shape index (κ2) is 7.77. The summed E-state index contributed by atoms with van der Waals surface area (Å²) in [5, 5.41) is 26.4. The molecule has 1 saturated heterocycles. The first-order valence-corrected chi connectivity index (χ1v) is 8.47. The summed E-state index contributed by atoms with van der Waals surface area (Å²) in [5.41, 5.74) is 2.70. The lowest BCUT2D eigenvalue weighted by Gasteiger charge is -2.36. The summed E-state index contributed by atoms with van der Waals surface area (Å²) in [6.07, 6.45) is 1.61. The number of nitrogens with zero attached hydrogens (tertiary/aromatic N) is 3. The standard InChI is InChI=1S/C17H24N4O5/c1-11(2)7-13-9-16(17(3,4)10-26-13)19-18-14-6-5-12(20(22)23)8-15(14)21(24)25/h5-6,8,11,13,18H,7,9-10H2,1-4H3/b19-16+/t13-/m1/s1. The summed E-state index contributed by atoms with van der Waals surface area (Å²) in [5.74, 6) is 0.492. The molecule has 1 fully saturated rings. The van der Waals surface area contributed by atoms with Gasteiger partial charge in [0, 0.05) is 23.6 Å². The molecule has 0 bridgehead atoms. The minimum atomic E-state index is -0.666. The summed E-state index contributed by atoms with van der Waals surface area (Å²) >= 11 is 0. The van der Waals surface area contributed by atoms with Crippen molar-refractivity contribution in [2.75, 3.05) is 12.0 Å². The Labute approximate surface area is 151 Å². The molecule has 2 rings (SSSR count). The van der Waals surface area contributed by atoms with Crippen molar-refractivity contribution in [3.8, 4) is 0 Å². The molecule has 1 aliphatic rings. The molecule has 0 amide bonds. The molecule has 0 aromatic heterocycles. The van der Waals surface area contributed by atoms with Crippen LogP contribution in [-0.4, -0.2) is 28.3 Å². The number of hydrogen-bond donors (Lipinski definition) is 1. The van der Waals surface area contributed by atoms with Gasteiger partial charge in [0.25, 0.3) is 5.69 Å². The van der Waals surface area contributed by atoms with Crippen LogP contribution in [-0.2, 0) is 4.74 Å². The van der Waals surface area contributed by atoms with Crippen molar-refractivity contribution >= 4 is 22.8 Å². The maximum atomic E-state index is 11.2. The summed E-state index contributed by atoms with van der Waals surface area (Å²) in [4.78, 5) is 20.7. The molecule has 1 heterocycles. The molecule has 26 heavy (non-hydrogen) atoms. The van der Waals surface area contributed by atoms with Gasteiger partial charge >= 0.3 is 5.69 Å². The molecule has 0 aliphatic carbocycles. The van der Waals surface area contributed by atoms with Crippen LogP contribution in [0.4, 0.5) is 17.1 Å². The molecule has 1 aromatic rings. The van der Waals surface area contributed by atoms with Crippen molar-refractivity contribution in [3.05, 3.63) is 38.4 Å². The zero-order valence-electron chi connectivity index (χ0n) is 15.4. The van der Waals surface area contributed by atoms with E-state index in [2.05, 4.69) is 24.4 Å². The highest BCUT2D eigenvalue weighted by atomic mass is 16.6. The second-order valence-corrected chi connectivity index (χ2v) is 7.54. The van der Waals surface area contributed by atoms with Gasteiger partial charge < -0.3 is 4.74 Å². The van der Waals surface area contributed by atoms with E-state index >= 15 is 0 Å². The highest BCUT2D eigenvalue weighted by molar-refractivity contribution is 5.91. The Kier molecular flexibility index (Phi) is 5.91. The lowest BCUT2D eigenvalue weighted by Crippen LogP contribution is -2.41. The largest absolute Gasteiger partial charge is 0.377 e. The third kappa shape index (κ3) is 4.75. The number of anilines is 1. The Balaban J connectivity index is 2.26. The van der Waals surface area contributed by atoms with E-state index < -0.39 is 9.85 Å². The highest BCUT2D eigenvalue weighted by Gasteiger charge is 2.34. The van der Waals surface area contributed by atoms with Crippen LogP contribution in [0, 0.1) is 31.6 Å². The lowest BCUT2D eigenvalue weighted by atomic mass is 9.81. The molecule has 9 nitrogen and oxygen atoms in total. The fraction of sp³-hybridized carbons (Fsp3) is 0.588. The van der Waals surface area contributed by atoms with Crippen molar-refractivity contribution in [3.63, 3.8) is 0 Å². The van der Waals surface area contributed by atoms with Gasteiger partial charge in [-0.05, 0) is 18.4 Å². The van der Waals surface area contributed by atoms with Crippen LogP contribution in [0.15, 0.2) is 23.3 Å². The van der Waals surface area contributed by atoms with E-state index in [1.165, 1.54) is 12.1 Å². The van der Waals surface area contributed by atoms with Crippen LogP contribution < -0.4 is 5.43 Å². The van der Waals surface area contributed by atoms with E-state index in [4.69, 9.17) is 4.74 Å². The Morgan fingerprint density at radius 3 is 2.58 bits per heavy atom. The number of ether oxygens (including phenoxy) is 1. The average Bonchev–Trinajstić information content (AvgIpc) is 2.54. The Hall–Kier alpha value is -2.55. The molecule has 142 valence electrons. The van der Waals surface area contributed by atoms with E-state index in [1.54, 1.807) is 0 Å². The van der Waals surface area contributed by atoms with Crippen molar-refractivity contribution in [2.45, 2.75) is 46.6 Å². The normalized spacial score (nSPS) is 21.0. The summed E-state index contributed by atoms with van der Waals surface area (Å²) in [6, 6.07) is 3.45. The predicted octanol–water partition coefficient (Wildman–Crippen LogP) is 4.13. The van der Waals surface area contributed by atoms with Gasteiger partial charge in [-0.25, -0.2) is 0 Å². The first-order chi connectivity index (χ1) is 12.1. The van der Waals surface area contributed by atoms with Crippen LogP contribution in [0.2, 0.25) is 0 Å². The van der Waals surface area contributed by atoms with Gasteiger partial charge in [0.1, 0.15) is 5.69 Å². The fourth-order valence-electron chi connectivity index (χ4n) is 2.84. The number of nitro benzene ring substituents is 2. The number of hydrogen-bond acceptors (Lipinski definition) is 7. The SMILES string of the molecule is CC(C)C[C@@H]1C/C(=N\Nc2ccc([N+](=O)[O-])cc2[N+](=O)[O-])C(C)(C)CO1. The Bertz CT molecular complexity index is 730. The van der Waals surface area contributed by atoms with E-state index in [0.29, 0.717) is 18.9 Å². The molecule has 1 N–H and O–H groups in total. The summed E-state index contributed by atoms with van der Waals surface area (Å²) in [7, 11) is 0. The van der Waals surface area contributed by atoms with Gasteiger partial charge in [-0.15, -0.1) is 0 Å². The molecular weight excluding hydrogens is 340 g/mol. The zero-order valence-corrected chi connectivity index (χ0v) is 15.4. The first-order valence-electron chi connectivity index (χ1n) is 8.47. The van der Waals surface area contributed by atoms with Gasteiger partial charge in [-0.2, -0.15) is 5.10 Å². The van der Waals surface area contributed by atoms with E-state index in [-0.39, 0.29) is 28.6 Å². The van der Waals surface area contributed by atoms with Crippen LogP contribution >= 0.6 is 0 Å². The van der Waals surface area contributed by atoms with Crippen molar-refractivity contribution < 1.29 is 14.6 Å². The number of nitrogens with one attached hydrogen (secondary N) is 1. The highest BCUT2D eigenvalue weighted by Crippen LogP contribution is 2.32. The quantitative estimate of drug-likeness (QED) is 0.598. The number of rotatable bonds is 6. The lowest BCUT2D eigenvalue weighted by molar-refractivity contribution is -0.393. The maximum absolute atomic E-state index is 11.2. The first kappa shape index (κ1) is 19.8. The third-order valence-corrected chi connectivity index (χ3v) is 4.32. The molecule has 0 unspecified atom stereocenters. The minimum absolute atomic E-state index is 0.0652. The maximum Gasteiger partial charge on any atom is 0.301 e. The van der Waals surface area contributed by atoms with Gasteiger partial charge in [0.05, 0.1) is 28.6 Å². The topological polar surface area (TPSA) is 120 Å². The van der Waals surface area contributed by atoms with Crippen molar-refractivity contribution in [2.24, 2.45) is 16.4 Å².